The van der Waals surface area contributed by atoms with Crippen LogP contribution in [0, 0.1) is 5.92 Å². The first-order valence-corrected chi connectivity index (χ1v) is 9.03. The van der Waals surface area contributed by atoms with Crippen LogP contribution in [0.1, 0.15) is 25.0 Å². The highest BCUT2D eigenvalue weighted by atomic mass is 79.9. The summed E-state index contributed by atoms with van der Waals surface area (Å²) in [5.41, 5.74) is 2.74. The highest BCUT2D eigenvalue weighted by Gasteiger charge is 2.09. The number of hydrogen-bond donors (Lipinski definition) is 0. The van der Waals surface area contributed by atoms with Gasteiger partial charge < -0.3 is 0 Å². The molecular formula is C18H22BrNS. The standard InChI is InChI=1S/C18H22BrNS/c1-15(2)12-20(13-16-8-10-18(19)11-9-16)21-14-17-6-4-3-5-7-17/h3-11,15H,12-14H2,1-2H3. The van der Waals surface area contributed by atoms with Crippen LogP contribution in [0.3, 0.4) is 0 Å². The number of rotatable bonds is 7. The Labute approximate surface area is 141 Å². The zero-order chi connectivity index (χ0) is 15.1. The summed E-state index contributed by atoms with van der Waals surface area (Å²) in [6.07, 6.45) is 0. The Hall–Kier alpha value is -0.770. The molecular weight excluding hydrogens is 342 g/mol. The van der Waals surface area contributed by atoms with Crippen LogP contribution < -0.4 is 0 Å². The van der Waals surface area contributed by atoms with Crippen molar-refractivity contribution in [3.63, 3.8) is 0 Å². The molecule has 0 radical (unpaired) electrons. The maximum atomic E-state index is 3.49. The van der Waals surface area contributed by atoms with Crippen molar-refractivity contribution < 1.29 is 0 Å². The van der Waals surface area contributed by atoms with Crippen molar-refractivity contribution in [3.05, 3.63) is 70.2 Å². The van der Waals surface area contributed by atoms with E-state index in [1.54, 1.807) is 0 Å². The quantitative estimate of drug-likeness (QED) is 0.575. The predicted octanol–water partition coefficient (Wildman–Crippen LogP) is 5.76. The van der Waals surface area contributed by atoms with Gasteiger partial charge in [-0.25, -0.2) is 4.31 Å². The first-order chi connectivity index (χ1) is 10.1. The monoisotopic (exact) mass is 363 g/mol. The van der Waals surface area contributed by atoms with E-state index in [0.717, 1.165) is 23.3 Å². The highest BCUT2D eigenvalue weighted by Crippen LogP contribution is 2.22. The second kappa shape index (κ2) is 8.62. The molecule has 0 heterocycles. The summed E-state index contributed by atoms with van der Waals surface area (Å²) in [6, 6.07) is 19.3. The second-order valence-electron chi connectivity index (χ2n) is 5.60. The Bertz CT molecular complexity index is 525. The lowest BCUT2D eigenvalue weighted by Gasteiger charge is -2.23. The van der Waals surface area contributed by atoms with Crippen molar-refractivity contribution in [3.8, 4) is 0 Å². The maximum Gasteiger partial charge on any atom is 0.0340 e. The molecule has 0 aliphatic heterocycles. The summed E-state index contributed by atoms with van der Waals surface area (Å²) in [4.78, 5) is 0. The SMILES string of the molecule is CC(C)CN(Cc1ccc(Br)cc1)SCc1ccccc1. The number of nitrogens with zero attached hydrogens (tertiary/aromatic N) is 1. The Kier molecular flexibility index (Phi) is 6.81. The van der Waals surface area contributed by atoms with Gasteiger partial charge in [-0.1, -0.05) is 84.2 Å². The van der Waals surface area contributed by atoms with Crippen LogP contribution in [-0.2, 0) is 12.3 Å². The minimum atomic E-state index is 0.670. The average molecular weight is 364 g/mol. The van der Waals surface area contributed by atoms with Gasteiger partial charge in [0.25, 0.3) is 0 Å². The van der Waals surface area contributed by atoms with Gasteiger partial charge in [-0.2, -0.15) is 0 Å². The van der Waals surface area contributed by atoms with Crippen LogP contribution in [-0.4, -0.2) is 10.8 Å². The van der Waals surface area contributed by atoms with E-state index in [1.165, 1.54) is 11.1 Å². The van der Waals surface area contributed by atoms with E-state index in [0.29, 0.717) is 5.92 Å². The molecule has 21 heavy (non-hydrogen) atoms. The van der Waals surface area contributed by atoms with Crippen molar-refractivity contribution >= 4 is 27.9 Å². The van der Waals surface area contributed by atoms with Gasteiger partial charge in [-0.3, -0.25) is 0 Å². The van der Waals surface area contributed by atoms with Crippen LogP contribution in [0.5, 0.6) is 0 Å². The molecule has 0 N–H and O–H groups in total. The minimum Gasteiger partial charge on any atom is -0.246 e. The third kappa shape index (κ3) is 6.25. The molecule has 0 atom stereocenters. The molecule has 0 bridgehead atoms. The fraction of sp³-hybridized carbons (Fsp3) is 0.333. The molecule has 2 rings (SSSR count). The van der Waals surface area contributed by atoms with E-state index in [-0.39, 0.29) is 0 Å². The second-order valence-corrected chi connectivity index (χ2v) is 7.58. The fourth-order valence-corrected chi connectivity index (χ4v) is 3.54. The summed E-state index contributed by atoms with van der Waals surface area (Å²) < 4.78 is 3.61. The molecule has 0 amide bonds. The number of hydrogen-bond acceptors (Lipinski definition) is 2. The summed E-state index contributed by atoms with van der Waals surface area (Å²) in [7, 11) is 0. The van der Waals surface area contributed by atoms with E-state index in [2.05, 4.69) is 88.7 Å². The third-order valence-corrected chi connectivity index (χ3v) is 4.73. The molecule has 0 aliphatic rings. The third-order valence-electron chi connectivity index (χ3n) is 3.10. The average Bonchev–Trinajstić information content (AvgIpc) is 2.48. The van der Waals surface area contributed by atoms with Gasteiger partial charge >= 0.3 is 0 Å². The first kappa shape index (κ1) is 16.6. The van der Waals surface area contributed by atoms with E-state index in [1.807, 2.05) is 11.9 Å². The van der Waals surface area contributed by atoms with E-state index < -0.39 is 0 Å². The lowest BCUT2D eigenvalue weighted by atomic mass is 10.2. The lowest BCUT2D eigenvalue weighted by molar-refractivity contribution is 0.401. The molecule has 2 aromatic carbocycles. The van der Waals surface area contributed by atoms with Gasteiger partial charge in [0.2, 0.25) is 0 Å². The lowest BCUT2D eigenvalue weighted by Crippen LogP contribution is -2.20. The summed E-state index contributed by atoms with van der Waals surface area (Å²) in [6.45, 7) is 6.64. The van der Waals surface area contributed by atoms with Crippen molar-refractivity contribution in [2.75, 3.05) is 6.54 Å². The molecule has 2 aromatic rings. The summed E-state index contributed by atoms with van der Waals surface area (Å²) in [5.74, 6) is 1.70. The van der Waals surface area contributed by atoms with Gasteiger partial charge in [0.1, 0.15) is 0 Å². The van der Waals surface area contributed by atoms with Crippen molar-refractivity contribution in [2.45, 2.75) is 26.1 Å². The fourth-order valence-electron chi connectivity index (χ4n) is 2.10. The van der Waals surface area contributed by atoms with E-state index in [9.17, 15) is 0 Å². The largest absolute Gasteiger partial charge is 0.246 e. The Morgan fingerprint density at radius 1 is 0.952 bits per heavy atom. The van der Waals surface area contributed by atoms with Crippen LogP contribution in [0.15, 0.2) is 59.1 Å². The molecule has 0 saturated heterocycles. The molecule has 0 aromatic heterocycles. The smallest absolute Gasteiger partial charge is 0.0340 e. The van der Waals surface area contributed by atoms with Crippen molar-refractivity contribution in [1.29, 1.82) is 0 Å². The Morgan fingerprint density at radius 3 is 2.24 bits per heavy atom. The van der Waals surface area contributed by atoms with Gasteiger partial charge in [-0.15, -0.1) is 0 Å². The topological polar surface area (TPSA) is 3.24 Å². The van der Waals surface area contributed by atoms with Crippen LogP contribution >= 0.6 is 27.9 Å². The summed E-state index contributed by atoms with van der Waals surface area (Å²) >= 11 is 5.42. The molecule has 0 saturated carbocycles. The van der Waals surface area contributed by atoms with E-state index in [4.69, 9.17) is 0 Å². The van der Waals surface area contributed by atoms with Crippen LogP contribution in [0.4, 0.5) is 0 Å². The van der Waals surface area contributed by atoms with Crippen LogP contribution in [0.2, 0.25) is 0 Å². The van der Waals surface area contributed by atoms with Gasteiger partial charge in [0.05, 0.1) is 0 Å². The predicted molar refractivity (Wildman–Crippen MR) is 97.1 cm³/mol. The van der Waals surface area contributed by atoms with E-state index >= 15 is 0 Å². The van der Waals surface area contributed by atoms with Crippen LogP contribution in [0.25, 0.3) is 0 Å². The maximum absolute atomic E-state index is 3.49. The van der Waals surface area contributed by atoms with Gasteiger partial charge in [0.15, 0.2) is 0 Å². The molecule has 0 unspecified atom stereocenters. The minimum absolute atomic E-state index is 0.670. The molecule has 0 aliphatic carbocycles. The zero-order valence-electron chi connectivity index (χ0n) is 12.6. The van der Waals surface area contributed by atoms with Crippen molar-refractivity contribution in [1.82, 2.24) is 4.31 Å². The normalized spacial score (nSPS) is 11.3. The zero-order valence-corrected chi connectivity index (χ0v) is 15.0. The molecule has 3 heteroatoms. The highest BCUT2D eigenvalue weighted by molar-refractivity contribution is 9.10. The molecule has 0 spiro atoms. The number of halogens is 1. The number of benzene rings is 2. The first-order valence-electron chi connectivity index (χ1n) is 7.29. The Balaban J connectivity index is 1.95. The molecule has 112 valence electrons. The van der Waals surface area contributed by atoms with Crippen molar-refractivity contribution in [2.24, 2.45) is 5.92 Å². The molecule has 1 nitrogen and oxygen atoms in total. The molecule has 0 fully saturated rings. The van der Waals surface area contributed by atoms with Gasteiger partial charge in [0, 0.05) is 23.3 Å². The Morgan fingerprint density at radius 2 is 1.62 bits per heavy atom. The van der Waals surface area contributed by atoms with Gasteiger partial charge in [-0.05, 0) is 29.2 Å². The summed E-state index contributed by atoms with van der Waals surface area (Å²) in [5, 5.41) is 0.